The summed E-state index contributed by atoms with van der Waals surface area (Å²) >= 11 is 0. The summed E-state index contributed by atoms with van der Waals surface area (Å²) in [5.41, 5.74) is 22.4. The Bertz CT molecular complexity index is 3880. The predicted octanol–water partition coefficient (Wildman–Crippen LogP) is 18.3. The predicted molar refractivity (Wildman–Crippen MR) is 292 cm³/mol. The molecule has 0 heterocycles. The number of rotatable bonds is 6. The van der Waals surface area contributed by atoms with Crippen molar-refractivity contribution in [2.24, 2.45) is 0 Å². The molecule has 0 atom stereocenters. The van der Waals surface area contributed by atoms with Crippen molar-refractivity contribution in [1.29, 1.82) is 0 Å². The Hall–Kier alpha value is -8.52. The van der Waals surface area contributed by atoms with Gasteiger partial charge in [-0.05, 0) is 172 Å². The second kappa shape index (κ2) is 15.5. The first-order valence-corrected chi connectivity index (χ1v) is 24.4. The van der Waals surface area contributed by atoms with Gasteiger partial charge in [-0.3, -0.25) is 0 Å². The number of benzene rings is 11. The van der Waals surface area contributed by atoms with Crippen LogP contribution in [0.15, 0.2) is 243 Å². The van der Waals surface area contributed by atoms with E-state index >= 15 is 0 Å². The third kappa shape index (κ3) is 5.84. The molecule has 0 saturated heterocycles. The third-order valence-electron chi connectivity index (χ3n) is 15.4. The molecule has 0 radical (unpaired) electrons. The number of hydrogen-bond donors (Lipinski definition) is 0. The first-order chi connectivity index (χ1) is 34.2. The van der Waals surface area contributed by atoms with Crippen LogP contribution in [0.1, 0.15) is 46.2 Å². The van der Waals surface area contributed by atoms with Crippen molar-refractivity contribution in [3.8, 4) is 44.5 Å². The molecule has 0 aromatic heterocycles. The van der Waals surface area contributed by atoms with Gasteiger partial charge in [0, 0.05) is 17.1 Å². The topological polar surface area (TPSA) is 3.24 Å². The molecule has 11 aromatic carbocycles. The molecule has 0 amide bonds. The normalized spacial score (nSPS) is 13.9. The minimum absolute atomic E-state index is 0.446. The zero-order valence-electron chi connectivity index (χ0n) is 38.5. The highest BCUT2D eigenvalue weighted by atomic mass is 15.1. The average molecular weight is 878 g/mol. The maximum Gasteiger partial charge on any atom is 0.0726 e. The molecule has 0 unspecified atom stereocenters. The van der Waals surface area contributed by atoms with Gasteiger partial charge in [0.15, 0.2) is 0 Å². The fourth-order valence-corrected chi connectivity index (χ4v) is 12.5. The first kappa shape index (κ1) is 39.6. The minimum Gasteiger partial charge on any atom is -0.310 e. The molecule has 1 nitrogen and oxygen atoms in total. The zero-order chi connectivity index (χ0) is 45.6. The van der Waals surface area contributed by atoms with Crippen LogP contribution in [-0.4, -0.2) is 0 Å². The zero-order valence-corrected chi connectivity index (χ0v) is 38.5. The van der Waals surface area contributed by atoms with Gasteiger partial charge in [-0.2, -0.15) is 0 Å². The van der Waals surface area contributed by atoms with Crippen LogP contribution in [-0.2, 0) is 5.41 Å². The van der Waals surface area contributed by atoms with Crippen molar-refractivity contribution in [1.82, 2.24) is 0 Å². The van der Waals surface area contributed by atoms with Gasteiger partial charge < -0.3 is 4.90 Å². The van der Waals surface area contributed by atoms with E-state index in [-0.39, 0.29) is 0 Å². The van der Waals surface area contributed by atoms with E-state index < -0.39 is 5.41 Å². The van der Waals surface area contributed by atoms with Crippen molar-refractivity contribution < 1.29 is 0 Å². The first-order valence-electron chi connectivity index (χ1n) is 24.4. The largest absolute Gasteiger partial charge is 0.310 e. The SMILES string of the molecule is Cc1ccc(N(c2ccc3c(c2)C2(c4ccccc4-c4ccccc42)c2ccccc2-3)c2ccc3c(c2)c2ccccc2c2c(C4=CC=CCC4)cc(-c4ccccc4)c(-c4ccccc4)c32)cc1. The maximum absolute atomic E-state index is 2.51. The number of nitrogens with zero attached hydrogens (tertiary/aromatic N) is 1. The number of hydrogen-bond acceptors (Lipinski definition) is 1. The van der Waals surface area contributed by atoms with Crippen molar-refractivity contribution in [3.05, 3.63) is 276 Å². The Kier molecular flexibility index (Phi) is 8.91. The van der Waals surface area contributed by atoms with E-state index in [1.165, 1.54) is 116 Å². The smallest absolute Gasteiger partial charge is 0.0726 e. The van der Waals surface area contributed by atoms with Gasteiger partial charge in [0.25, 0.3) is 0 Å². The molecule has 69 heavy (non-hydrogen) atoms. The summed E-state index contributed by atoms with van der Waals surface area (Å²) in [6.07, 6.45) is 8.93. The quantitative estimate of drug-likeness (QED) is 0.150. The molecule has 1 spiro atoms. The summed E-state index contributed by atoms with van der Waals surface area (Å²) in [6, 6.07) is 84.6. The van der Waals surface area contributed by atoms with Crippen LogP contribution in [0.4, 0.5) is 17.1 Å². The summed E-state index contributed by atoms with van der Waals surface area (Å²) in [5, 5.41) is 7.64. The highest BCUT2D eigenvalue weighted by Crippen LogP contribution is 2.63. The Labute approximate surface area is 403 Å². The standard InChI is InChI=1S/C68H47N/c1-44-33-35-48(36-34-44)69(50-37-39-55-54-28-15-18-32-63(54)68(64(55)42-50)61-30-16-13-26-52(61)53-27-14-17-31-62(53)68)49-38-40-57-60(41-49)51-25-11-12-29-56(51)66-59(46-21-7-3-8-22-46)43-58(45-19-5-2-6-20-45)65(67(57)66)47-23-9-4-10-24-47/h2-7,9-21,23-43H,8,22H2,1H3. The molecule has 11 aromatic rings. The number of aryl methyl sites for hydroxylation is 1. The highest BCUT2D eigenvalue weighted by molar-refractivity contribution is 6.32. The summed E-state index contributed by atoms with van der Waals surface area (Å²) in [6.45, 7) is 2.18. The van der Waals surface area contributed by atoms with Gasteiger partial charge in [-0.15, -0.1) is 0 Å². The molecule has 0 bridgehead atoms. The molecule has 3 aliphatic carbocycles. The second-order valence-corrected chi connectivity index (χ2v) is 19.1. The Morgan fingerprint density at radius 2 is 0.913 bits per heavy atom. The van der Waals surface area contributed by atoms with Gasteiger partial charge in [0.1, 0.15) is 0 Å². The van der Waals surface area contributed by atoms with Crippen molar-refractivity contribution in [2.45, 2.75) is 25.2 Å². The van der Waals surface area contributed by atoms with Gasteiger partial charge in [0.2, 0.25) is 0 Å². The van der Waals surface area contributed by atoms with Crippen LogP contribution in [0.25, 0.3) is 82.4 Å². The Morgan fingerprint density at radius 1 is 0.377 bits per heavy atom. The molecule has 0 aliphatic heterocycles. The molecular weight excluding hydrogens is 831 g/mol. The van der Waals surface area contributed by atoms with E-state index in [9.17, 15) is 0 Å². The lowest BCUT2D eigenvalue weighted by atomic mass is 9.70. The molecule has 1 heteroatoms. The van der Waals surface area contributed by atoms with E-state index in [4.69, 9.17) is 0 Å². The molecule has 324 valence electrons. The third-order valence-corrected chi connectivity index (χ3v) is 15.4. The highest BCUT2D eigenvalue weighted by Gasteiger charge is 2.51. The van der Waals surface area contributed by atoms with Crippen LogP contribution < -0.4 is 4.90 Å². The summed E-state index contributed by atoms with van der Waals surface area (Å²) in [4.78, 5) is 2.49. The van der Waals surface area contributed by atoms with Crippen LogP contribution in [0, 0.1) is 6.92 Å². The van der Waals surface area contributed by atoms with E-state index in [2.05, 4.69) is 255 Å². The van der Waals surface area contributed by atoms with Gasteiger partial charge in [-0.25, -0.2) is 0 Å². The van der Waals surface area contributed by atoms with E-state index in [1.807, 2.05) is 0 Å². The molecule has 0 N–H and O–H groups in total. The summed E-state index contributed by atoms with van der Waals surface area (Å²) in [7, 11) is 0. The lowest BCUT2D eigenvalue weighted by Gasteiger charge is -2.32. The molecular formula is C68H47N. The molecule has 3 aliphatic rings. The monoisotopic (exact) mass is 877 g/mol. The fourth-order valence-electron chi connectivity index (χ4n) is 12.5. The van der Waals surface area contributed by atoms with Crippen LogP contribution in [0.5, 0.6) is 0 Å². The minimum atomic E-state index is -0.446. The lowest BCUT2D eigenvalue weighted by Crippen LogP contribution is -2.26. The van der Waals surface area contributed by atoms with Crippen LogP contribution in [0.3, 0.4) is 0 Å². The molecule has 14 rings (SSSR count). The summed E-state index contributed by atoms with van der Waals surface area (Å²) in [5.74, 6) is 0. The van der Waals surface area contributed by atoms with Gasteiger partial charge in [0.05, 0.1) is 5.41 Å². The van der Waals surface area contributed by atoms with Gasteiger partial charge in [-0.1, -0.05) is 206 Å². The summed E-state index contributed by atoms with van der Waals surface area (Å²) < 4.78 is 0. The maximum atomic E-state index is 2.51. The van der Waals surface area contributed by atoms with Crippen LogP contribution >= 0.6 is 0 Å². The Morgan fingerprint density at radius 3 is 1.57 bits per heavy atom. The van der Waals surface area contributed by atoms with Crippen molar-refractivity contribution in [3.63, 3.8) is 0 Å². The molecule has 0 fully saturated rings. The van der Waals surface area contributed by atoms with E-state index in [0.29, 0.717) is 0 Å². The Balaban J connectivity index is 1.07. The van der Waals surface area contributed by atoms with E-state index in [0.717, 1.165) is 29.9 Å². The van der Waals surface area contributed by atoms with Crippen molar-refractivity contribution >= 4 is 55.0 Å². The number of anilines is 3. The second-order valence-electron chi connectivity index (χ2n) is 19.1. The van der Waals surface area contributed by atoms with Gasteiger partial charge >= 0.3 is 0 Å². The van der Waals surface area contributed by atoms with E-state index in [1.54, 1.807) is 0 Å². The molecule has 0 saturated carbocycles. The number of allylic oxidation sites excluding steroid dienone is 4. The number of fused-ring (bicyclic) bond motifs is 16. The average Bonchev–Trinajstić information content (AvgIpc) is 3.89. The van der Waals surface area contributed by atoms with Crippen LogP contribution in [0.2, 0.25) is 0 Å². The van der Waals surface area contributed by atoms with Crippen molar-refractivity contribution in [2.75, 3.05) is 4.90 Å². The lowest BCUT2D eigenvalue weighted by molar-refractivity contribution is 0.793. The fraction of sp³-hybridized carbons (Fsp3) is 0.0588.